The molecule has 2 unspecified atom stereocenters. The molecule has 6 heteroatoms. The molecule has 0 aliphatic carbocycles. The van der Waals surface area contributed by atoms with E-state index in [1.54, 1.807) is 24.3 Å². The van der Waals surface area contributed by atoms with Gasteiger partial charge in [0, 0.05) is 12.1 Å². The molecule has 1 amide bonds. The SMILES string of the molecule is CC(CCc1ccccc1)NC(=O)C(C)n1nc(-c2cccs2)ccc1=O. The summed E-state index contributed by atoms with van der Waals surface area (Å²) in [5.41, 5.74) is 1.66. The van der Waals surface area contributed by atoms with Gasteiger partial charge in [-0.15, -0.1) is 11.3 Å². The molecule has 0 saturated heterocycles. The molecule has 0 saturated carbocycles. The molecular formula is C21H23N3O2S. The first-order valence-electron chi connectivity index (χ1n) is 9.02. The molecule has 3 aromatic rings. The van der Waals surface area contributed by atoms with Crippen LogP contribution in [-0.2, 0) is 11.2 Å². The molecule has 1 aromatic carbocycles. The van der Waals surface area contributed by atoms with Crippen molar-refractivity contribution in [1.82, 2.24) is 15.1 Å². The second kappa shape index (κ2) is 8.77. The first kappa shape index (κ1) is 19.0. The van der Waals surface area contributed by atoms with Crippen LogP contribution in [-0.4, -0.2) is 21.7 Å². The number of nitrogens with zero attached hydrogens (tertiary/aromatic N) is 2. The zero-order chi connectivity index (χ0) is 19.2. The van der Waals surface area contributed by atoms with E-state index in [0.29, 0.717) is 5.69 Å². The van der Waals surface area contributed by atoms with E-state index in [-0.39, 0.29) is 17.5 Å². The smallest absolute Gasteiger partial charge is 0.267 e. The van der Waals surface area contributed by atoms with Crippen molar-refractivity contribution in [3.63, 3.8) is 0 Å². The molecule has 2 atom stereocenters. The fourth-order valence-corrected chi connectivity index (χ4v) is 3.52. The molecule has 140 valence electrons. The summed E-state index contributed by atoms with van der Waals surface area (Å²) in [5.74, 6) is -0.200. The summed E-state index contributed by atoms with van der Waals surface area (Å²) in [4.78, 5) is 25.8. The fraction of sp³-hybridized carbons (Fsp3) is 0.286. The molecule has 2 heterocycles. The molecule has 0 aliphatic heterocycles. The Labute approximate surface area is 162 Å². The Balaban J connectivity index is 1.64. The van der Waals surface area contributed by atoms with E-state index in [2.05, 4.69) is 22.5 Å². The number of carbonyl (C=O) groups is 1. The predicted molar refractivity (Wildman–Crippen MR) is 109 cm³/mol. The van der Waals surface area contributed by atoms with Crippen molar-refractivity contribution in [2.75, 3.05) is 0 Å². The van der Waals surface area contributed by atoms with Gasteiger partial charge in [0.25, 0.3) is 5.56 Å². The normalized spacial score (nSPS) is 13.1. The minimum absolute atomic E-state index is 0.0105. The highest BCUT2D eigenvalue weighted by molar-refractivity contribution is 7.13. The van der Waals surface area contributed by atoms with Crippen molar-refractivity contribution >= 4 is 17.2 Å². The summed E-state index contributed by atoms with van der Waals surface area (Å²) in [6.07, 6.45) is 1.72. The Morgan fingerprint density at radius 1 is 1.11 bits per heavy atom. The Morgan fingerprint density at radius 3 is 2.59 bits per heavy atom. The van der Waals surface area contributed by atoms with Crippen molar-refractivity contribution in [1.29, 1.82) is 0 Å². The molecule has 0 bridgehead atoms. The maximum absolute atomic E-state index is 12.6. The van der Waals surface area contributed by atoms with Crippen LogP contribution in [0.4, 0.5) is 0 Å². The maximum Gasteiger partial charge on any atom is 0.267 e. The molecular weight excluding hydrogens is 358 g/mol. The van der Waals surface area contributed by atoms with Crippen molar-refractivity contribution in [2.24, 2.45) is 0 Å². The van der Waals surface area contributed by atoms with E-state index in [9.17, 15) is 9.59 Å². The molecule has 2 aromatic heterocycles. The number of aromatic nitrogens is 2. The van der Waals surface area contributed by atoms with Gasteiger partial charge in [-0.3, -0.25) is 9.59 Å². The van der Waals surface area contributed by atoms with Crippen LogP contribution < -0.4 is 10.9 Å². The Morgan fingerprint density at radius 2 is 1.89 bits per heavy atom. The minimum Gasteiger partial charge on any atom is -0.352 e. The number of nitrogens with one attached hydrogen (secondary N) is 1. The number of aryl methyl sites for hydroxylation is 1. The quantitative estimate of drug-likeness (QED) is 0.679. The highest BCUT2D eigenvalue weighted by Gasteiger charge is 2.19. The summed E-state index contributed by atoms with van der Waals surface area (Å²) in [5, 5.41) is 9.34. The van der Waals surface area contributed by atoms with Crippen LogP contribution in [0.3, 0.4) is 0 Å². The molecule has 3 rings (SSSR count). The van der Waals surface area contributed by atoms with Gasteiger partial charge in [0.2, 0.25) is 5.91 Å². The molecule has 1 N–H and O–H groups in total. The van der Waals surface area contributed by atoms with Gasteiger partial charge in [-0.1, -0.05) is 36.4 Å². The largest absolute Gasteiger partial charge is 0.352 e. The van der Waals surface area contributed by atoms with E-state index in [1.165, 1.54) is 16.3 Å². The van der Waals surface area contributed by atoms with Gasteiger partial charge in [0.1, 0.15) is 11.7 Å². The average molecular weight is 382 g/mol. The standard InChI is InChI=1S/C21H23N3O2S/c1-15(10-11-17-7-4-3-5-8-17)22-21(26)16(2)24-20(25)13-12-18(23-24)19-9-6-14-27-19/h3-9,12-16H,10-11H2,1-2H3,(H,22,26). The number of benzene rings is 1. The zero-order valence-corrected chi connectivity index (χ0v) is 16.3. The summed E-state index contributed by atoms with van der Waals surface area (Å²) in [7, 11) is 0. The van der Waals surface area contributed by atoms with Crippen molar-refractivity contribution < 1.29 is 4.79 Å². The van der Waals surface area contributed by atoms with Crippen molar-refractivity contribution in [3.8, 4) is 10.6 Å². The van der Waals surface area contributed by atoms with E-state index in [0.717, 1.165) is 17.7 Å². The number of hydrogen-bond acceptors (Lipinski definition) is 4. The Kier molecular flexibility index (Phi) is 6.19. The number of carbonyl (C=O) groups excluding carboxylic acids is 1. The molecule has 5 nitrogen and oxygen atoms in total. The highest BCUT2D eigenvalue weighted by Crippen LogP contribution is 2.21. The number of thiophene rings is 1. The van der Waals surface area contributed by atoms with E-state index < -0.39 is 6.04 Å². The second-order valence-electron chi connectivity index (χ2n) is 6.59. The molecule has 0 aliphatic rings. The van der Waals surface area contributed by atoms with Crippen LogP contribution in [0.5, 0.6) is 0 Å². The molecule has 0 fully saturated rings. The minimum atomic E-state index is -0.670. The zero-order valence-electron chi connectivity index (χ0n) is 15.5. The van der Waals surface area contributed by atoms with Crippen molar-refractivity contribution in [3.05, 3.63) is 75.9 Å². The van der Waals surface area contributed by atoms with Crippen LogP contribution in [0.15, 0.2) is 64.8 Å². The Hall–Kier alpha value is -2.73. The second-order valence-corrected chi connectivity index (χ2v) is 7.54. The predicted octanol–water partition coefficient (Wildman–Crippen LogP) is 3.67. The first-order chi connectivity index (χ1) is 13.0. The van der Waals surface area contributed by atoms with Crippen LogP contribution in [0.25, 0.3) is 10.6 Å². The van der Waals surface area contributed by atoms with E-state index in [4.69, 9.17) is 0 Å². The summed E-state index contributed by atoms with van der Waals surface area (Å²) < 4.78 is 1.26. The number of rotatable bonds is 7. The summed E-state index contributed by atoms with van der Waals surface area (Å²) in [6.45, 7) is 3.68. The molecule has 27 heavy (non-hydrogen) atoms. The Bertz CT molecular complexity index is 936. The first-order valence-corrected chi connectivity index (χ1v) is 9.90. The third-order valence-electron chi connectivity index (χ3n) is 4.44. The average Bonchev–Trinajstić information content (AvgIpc) is 3.22. The van der Waals surface area contributed by atoms with Crippen LogP contribution in [0.2, 0.25) is 0 Å². The van der Waals surface area contributed by atoms with Crippen molar-refractivity contribution in [2.45, 2.75) is 38.8 Å². The van der Waals surface area contributed by atoms with Gasteiger partial charge < -0.3 is 5.32 Å². The molecule has 0 spiro atoms. The van der Waals surface area contributed by atoms with Gasteiger partial charge >= 0.3 is 0 Å². The number of hydrogen-bond donors (Lipinski definition) is 1. The van der Waals surface area contributed by atoms with Gasteiger partial charge in [0.05, 0.1) is 4.88 Å². The van der Waals surface area contributed by atoms with Gasteiger partial charge in [-0.25, -0.2) is 4.68 Å². The van der Waals surface area contributed by atoms with Crippen LogP contribution in [0, 0.1) is 0 Å². The van der Waals surface area contributed by atoms with E-state index in [1.807, 2.05) is 42.6 Å². The summed E-state index contributed by atoms with van der Waals surface area (Å²) in [6, 6.07) is 16.5. The maximum atomic E-state index is 12.6. The van der Waals surface area contributed by atoms with Gasteiger partial charge in [-0.2, -0.15) is 5.10 Å². The third-order valence-corrected chi connectivity index (χ3v) is 5.33. The molecule has 0 radical (unpaired) electrons. The highest BCUT2D eigenvalue weighted by atomic mass is 32.1. The van der Waals surface area contributed by atoms with Gasteiger partial charge in [-0.05, 0) is 49.8 Å². The summed E-state index contributed by atoms with van der Waals surface area (Å²) >= 11 is 1.55. The topological polar surface area (TPSA) is 64.0 Å². The van der Waals surface area contributed by atoms with Crippen LogP contribution in [0.1, 0.15) is 31.9 Å². The fourth-order valence-electron chi connectivity index (χ4n) is 2.83. The monoisotopic (exact) mass is 381 g/mol. The number of amides is 1. The van der Waals surface area contributed by atoms with Crippen LogP contribution >= 0.6 is 11.3 Å². The third kappa shape index (κ3) is 4.92. The van der Waals surface area contributed by atoms with Gasteiger partial charge in [0.15, 0.2) is 0 Å². The lowest BCUT2D eigenvalue weighted by Gasteiger charge is -2.19. The lowest BCUT2D eigenvalue weighted by atomic mass is 10.1. The lowest BCUT2D eigenvalue weighted by molar-refractivity contribution is -0.124. The lowest BCUT2D eigenvalue weighted by Crippen LogP contribution is -2.41. The van der Waals surface area contributed by atoms with E-state index >= 15 is 0 Å².